The summed E-state index contributed by atoms with van der Waals surface area (Å²) in [6.07, 6.45) is 0. The fraction of sp³-hybridized carbons (Fsp3) is 0. The Balaban J connectivity index is 0.000000360. The van der Waals surface area contributed by atoms with Crippen LogP contribution in [0.1, 0.15) is 10.4 Å². The van der Waals surface area contributed by atoms with Crippen molar-refractivity contribution in [3.05, 3.63) is 34.8 Å². The number of benzene rings is 1. The fourth-order valence-corrected chi connectivity index (χ4v) is 0.742. The van der Waals surface area contributed by atoms with Gasteiger partial charge < -0.3 is 5.11 Å². The molecule has 0 bridgehead atoms. The number of aromatic carboxylic acids is 1. The second kappa shape index (κ2) is 4.31. The summed E-state index contributed by atoms with van der Waals surface area (Å²) in [5, 5.41) is 16.9. The molecular formula is C7H5F6N2O2Sb. The summed E-state index contributed by atoms with van der Waals surface area (Å²) in [5.74, 6) is -1.10. The molecule has 1 aromatic rings. The van der Waals surface area contributed by atoms with E-state index in [1.165, 1.54) is 12.1 Å². The molecule has 0 aromatic heterocycles. The van der Waals surface area contributed by atoms with Gasteiger partial charge in [-0.3, -0.25) is 0 Å². The van der Waals surface area contributed by atoms with Crippen LogP contribution in [0.4, 0.5) is 22.6 Å². The van der Waals surface area contributed by atoms with Gasteiger partial charge in [-0.25, -0.2) is 4.79 Å². The standard InChI is InChI=1S/C7H4N2O2.6FH.Sb/c8-9-6-4-2-1-3-5(6)7(10)11;;;;;;;/h1-4H;6*1H;/q;;;;;;;+5/p-5. The van der Waals surface area contributed by atoms with Crippen molar-refractivity contribution < 1.29 is 26.8 Å². The third-order valence-electron chi connectivity index (χ3n) is 1.24. The molecule has 102 valence electrons. The molecule has 0 fully saturated rings. The molecule has 0 amide bonds. The first-order chi connectivity index (χ1) is 7.70. The van der Waals surface area contributed by atoms with E-state index in [0.29, 0.717) is 0 Å². The van der Waals surface area contributed by atoms with Crippen molar-refractivity contribution in [2.75, 3.05) is 0 Å². The number of diazo groups is 1. The maximum absolute atomic E-state index is 11.2. The van der Waals surface area contributed by atoms with Crippen molar-refractivity contribution in [3.63, 3.8) is 0 Å². The first-order valence-corrected chi connectivity index (χ1v) is 9.73. The van der Waals surface area contributed by atoms with Gasteiger partial charge in [-0.15, -0.1) is 0 Å². The average Bonchev–Trinajstić information content (AvgIpc) is 2.12. The van der Waals surface area contributed by atoms with Gasteiger partial charge in [0.1, 0.15) is 0 Å². The molecule has 4 nitrogen and oxygen atoms in total. The number of halogens is 6. The first-order valence-electron chi connectivity index (χ1n) is 3.94. The second-order valence-electron chi connectivity index (χ2n) is 2.88. The Hall–Kier alpha value is -1.49. The summed E-state index contributed by atoms with van der Waals surface area (Å²) in [6.45, 7) is 0. The average molecular weight is 385 g/mol. The number of hydrogen-bond acceptors (Lipinski definition) is 2. The molecule has 0 unspecified atom stereocenters. The Morgan fingerprint density at radius 2 is 1.50 bits per heavy atom. The van der Waals surface area contributed by atoms with E-state index in [9.17, 15) is 21.7 Å². The van der Waals surface area contributed by atoms with E-state index < -0.39 is 25.4 Å². The molecule has 0 aliphatic heterocycles. The van der Waals surface area contributed by atoms with Crippen molar-refractivity contribution in [3.8, 4) is 0 Å². The molecule has 0 aliphatic carbocycles. The first kappa shape index (κ1) is 16.5. The minimum absolute atomic E-state index is 0.00463. The molecule has 1 rings (SSSR count). The third-order valence-corrected chi connectivity index (χ3v) is 1.24. The summed E-state index contributed by atoms with van der Waals surface area (Å²) >= 11 is -11.2. The summed E-state index contributed by atoms with van der Waals surface area (Å²) in [6, 6.07) is 5.96. The summed E-state index contributed by atoms with van der Waals surface area (Å²) < 4.78 is 59.6. The zero-order valence-electron chi connectivity index (χ0n) is 8.27. The van der Waals surface area contributed by atoms with E-state index in [4.69, 9.17) is 10.5 Å². The van der Waals surface area contributed by atoms with E-state index in [2.05, 4.69) is 4.98 Å². The number of nitrogens with zero attached hydrogens (tertiary/aromatic N) is 2. The molecule has 1 N–H and O–H groups in total. The van der Waals surface area contributed by atoms with Gasteiger partial charge in [0.15, 0.2) is 10.5 Å². The van der Waals surface area contributed by atoms with Crippen LogP contribution in [0.15, 0.2) is 24.3 Å². The fourth-order valence-electron chi connectivity index (χ4n) is 0.742. The van der Waals surface area contributed by atoms with Gasteiger partial charge in [-0.2, -0.15) is 0 Å². The van der Waals surface area contributed by atoms with E-state index in [1.54, 1.807) is 12.1 Å². The van der Waals surface area contributed by atoms with E-state index in [1.807, 2.05) is 0 Å². The minimum atomic E-state index is -11.2. The molecule has 0 saturated heterocycles. The quantitative estimate of drug-likeness (QED) is 0.452. The molecule has 0 atom stereocenters. The van der Waals surface area contributed by atoms with Gasteiger partial charge in [0, 0.05) is 6.07 Å². The van der Waals surface area contributed by atoms with Gasteiger partial charge >= 0.3 is 48.0 Å². The Kier molecular flexibility index (Phi) is 3.96. The third kappa shape index (κ3) is 11.0. The Bertz CT molecular complexity index is 494. The zero-order valence-corrected chi connectivity index (χ0v) is 10.8. The molecule has 0 radical (unpaired) electrons. The monoisotopic (exact) mass is 384 g/mol. The van der Waals surface area contributed by atoms with Crippen LogP contribution in [0.5, 0.6) is 0 Å². The zero-order chi connectivity index (χ0) is 14.7. The van der Waals surface area contributed by atoms with Crippen LogP contribution in [-0.4, -0.2) is 30.6 Å². The van der Waals surface area contributed by atoms with Gasteiger partial charge in [0.25, 0.3) is 0 Å². The maximum atomic E-state index is 10.4. The molecule has 1 aromatic carbocycles. The number of rotatable bonds is 1. The van der Waals surface area contributed by atoms with E-state index in [-0.39, 0.29) is 11.3 Å². The number of hydrogen-bond donors (Lipinski definition) is 1. The van der Waals surface area contributed by atoms with E-state index >= 15 is 0 Å². The SMILES string of the molecule is N#[N+]c1ccccc1C(=O)O.[F][Sb-]([F])([F])([F])([F])[F]. The molecule has 0 aliphatic rings. The molecule has 0 saturated carbocycles. The number of carbonyl (C=O) groups is 1. The Labute approximate surface area is 98.4 Å². The summed E-state index contributed by atoms with van der Waals surface area (Å²) in [4.78, 5) is 13.2. The summed E-state index contributed by atoms with van der Waals surface area (Å²) in [5.41, 5.74) is 0.0648. The van der Waals surface area contributed by atoms with Crippen LogP contribution >= 0.6 is 0 Å². The molecule has 0 spiro atoms. The van der Waals surface area contributed by atoms with E-state index in [0.717, 1.165) is 0 Å². The van der Waals surface area contributed by atoms with Gasteiger partial charge in [0.2, 0.25) is 5.39 Å². The normalized spacial score (nSPS) is 14.3. The second-order valence-corrected chi connectivity index (χ2v) is 8.35. The van der Waals surface area contributed by atoms with Crippen molar-refractivity contribution in [2.24, 2.45) is 0 Å². The van der Waals surface area contributed by atoms with Crippen LogP contribution in [-0.2, 0) is 0 Å². The van der Waals surface area contributed by atoms with Gasteiger partial charge in [0.05, 0.1) is 0 Å². The predicted octanol–water partition coefficient (Wildman–Crippen LogP) is 4.01. The van der Waals surface area contributed by atoms with Crippen LogP contribution in [0.25, 0.3) is 4.98 Å². The number of carboxylic acid groups (broad SMARTS) is 1. The van der Waals surface area contributed by atoms with Crippen molar-refractivity contribution in [2.45, 2.75) is 0 Å². The molecular weight excluding hydrogens is 380 g/mol. The van der Waals surface area contributed by atoms with Crippen molar-refractivity contribution in [1.29, 1.82) is 5.39 Å². The Morgan fingerprint density at radius 1 is 1.11 bits per heavy atom. The topological polar surface area (TPSA) is 65.5 Å². The van der Waals surface area contributed by atoms with Gasteiger partial charge in [-0.1, -0.05) is 12.1 Å². The van der Waals surface area contributed by atoms with Crippen LogP contribution in [0, 0.1) is 5.39 Å². The summed E-state index contributed by atoms with van der Waals surface area (Å²) in [7, 11) is 0. The number of carboxylic acids is 1. The molecule has 11 heteroatoms. The Morgan fingerprint density at radius 3 is 1.78 bits per heavy atom. The van der Waals surface area contributed by atoms with Crippen LogP contribution in [0.2, 0.25) is 0 Å². The van der Waals surface area contributed by atoms with Crippen LogP contribution in [0.3, 0.4) is 0 Å². The van der Waals surface area contributed by atoms with Crippen molar-refractivity contribution in [1.82, 2.24) is 0 Å². The molecule has 18 heavy (non-hydrogen) atoms. The predicted molar refractivity (Wildman–Crippen MR) is 50.5 cm³/mol. The molecule has 0 heterocycles. The van der Waals surface area contributed by atoms with Crippen LogP contribution < -0.4 is 0 Å². The van der Waals surface area contributed by atoms with Gasteiger partial charge in [-0.05, 0) is 6.07 Å². The van der Waals surface area contributed by atoms with Crippen molar-refractivity contribution >= 4 is 31.1 Å².